The van der Waals surface area contributed by atoms with Gasteiger partial charge >= 0.3 is 0 Å². The lowest BCUT2D eigenvalue weighted by Crippen LogP contribution is -2.27. The third kappa shape index (κ3) is 2.49. The van der Waals surface area contributed by atoms with Crippen LogP contribution >= 0.6 is 0 Å². The van der Waals surface area contributed by atoms with Crippen LogP contribution in [0.5, 0.6) is 5.75 Å². The summed E-state index contributed by atoms with van der Waals surface area (Å²) in [5.41, 5.74) is 0.836. The molecule has 2 N–H and O–H groups in total. The number of aliphatic hydroxyl groups excluding tert-OH is 1. The molecule has 112 valence electrons. The van der Waals surface area contributed by atoms with Gasteiger partial charge in [-0.25, -0.2) is 0 Å². The molecule has 1 atom stereocenters. The van der Waals surface area contributed by atoms with Gasteiger partial charge in [-0.2, -0.15) is 0 Å². The summed E-state index contributed by atoms with van der Waals surface area (Å²) >= 11 is 0. The van der Waals surface area contributed by atoms with Gasteiger partial charge in [-0.05, 0) is 12.5 Å². The predicted molar refractivity (Wildman–Crippen MR) is 74.6 cm³/mol. The van der Waals surface area contributed by atoms with E-state index in [9.17, 15) is 20.0 Å². The Hall–Kier alpha value is -2.35. The van der Waals surface area contributed by atoms with E-state index in [-0.39, 0.29) is 30.7 Å². The zero-order valence-corrected chi connectivity index (χ0v) is 11.2. The van der Waals surface area contributed by atoms with Crippen molar-refractivity contribution in [1.82, 2.24) is 0 Å². The van der Waals surface area contributed by atoms with Gasteiger partial charge in [0.2, 0.25) is 0 Å². The molecule has 2 heterocycles. The number of nitro benzene ring substituents is 1. The Kier molecular flexibility index (Phi) is 3.38. The molecule has 0 saturated carbocycles. The van der Waals surface area contributed by atoms with E-state index in [1.54, 1.807) is 6.07 Å². The number of ether oxygens (including phenoxy) is 1. The molecule has 1 aromatic carbocycles. The molecule has 2 aliphatic heterocycles. The van der Waals surface area contributed by atoms with Crippen LogP contribution in [0.2, 0.25) is 0 Å². The first kappa shape index (κ1) is 13.6. The Labute approximate surface area is 120 Å². The number of rotatable bonds is 3. The van der Waals surface area contributed by atoms with Crippen molar-refractivity contribution in [3.8, 4) is 5.75 Å². The molecule has 1 aromatic rings. The fourth-order valence-electron chi connectivity index (χ4n) is 2.70. The lowest BCUT2D eigenvalue weighted by atomic mass is 10.1. The third-order valence-electron chi connectivity index (χ3n) is 3.79. The van der Waals surface area contributed by atoms with E-state index < -0.39 is 4.92 Å². The maximum atomic E-state index is 11.4. The number of hydrogen-bond donors (Lipinski definition) is 2. The maximum Gasteiger partial charge on any atom is 0.296 e. The van der Waals surface area contributed by atoms with E-state index in [0.29, 0.717) is 30.2 Å². The molecule has 0 spiro atoms. The summed E-state index contributed by atoms with van der Waals surface area (Å²) in [5.74, 6) is 0.145. The van der Waals surface area contributed by atoms with Gasteiger partial charge in [0.25, 0.3) is 11.6 Å². The number of carbonyl (C=O) groups is 1. The molecule has 8 heteroatoms. The minimum atomic E-state index is -0.457. The highest BCUT2D eigenvalue weighted by molar-refractivity contribution is 5.97. The van der Waals surface area contributed by atoms with Gasteiger partial charge in [-0.15, -0.1) is 0 Å². The number of amides is 1. The lowest BCUT2D eigenvalue weighted by molar-refractivity contribution is -0.384. The molecule has 3 rings (SSSR count). The zero-order valence-electron chi connectivity index (χ0n) is 11.2. The molecule has 1 fully saturated rings. The van der Waals surface area contributed by atoms with Crippen LogP contribution in [0.3, 0.4) is 0 Å². The molecule has 2 aliphatic rings. The van der Waals surface area contributed by atoms with Crippen LogP contribution in [0.1, 0.15) is 6.42 Å². The third-order valence-corrected chi connectivity index (χ3v) is 3.79. The molecule has 0 aromatic heterocycles. The number of aliphatic hydroxyl groups is 1. The summed E-state index contributed by atoms with van der Waals surface area (Å²) in [6, 6.07) is 2.92. The smallest absolute Gasteiger partial charge is 0.296 e. The van der Waals surface area contributed by atoms with E-state index in [4.69, 9.17) is 4.74 Å². The minimum Gasteiger partial charge on any atom is -0.481 e. The van der Waals surface area contributed by atoms with E-state index in [2.05, 4.69) is 5.32 Å². The normalized spacial score (nSPS) is 20.7. The SMILES string of the molecule is O=C1COc2cc([N+](=O)[O-])c(N3CCC(CO)C3)cc2N1. The molecular weight excluding hydrogens is 278 g/mol. The second-order valence-corrected chi connectivity index (χ2v) is 5.21. The quantitative estimate of drug-likeness (QED) is 0.629. The number of carbonyl (C=O) groups excluding carboxylic acids is 1. The molecule has 8 nitrogen and oxygen atoms in total. The number of fused-ring (bicyclic) bond motifs is 1. The van der Waals surface area contributed by atoms with Crippen LogP contribution in [0.25, 0.3) is 0 Å². The largest absolute Gasteiger partial charge is 0.481 e. The van der Waals surface area contributed by atoms with Gasteiger partial charge in [-0.1, -0.05) is 0 Å². The van der Waals surface area contributed by atoms with Crippen LogP contribution in [0.4, 0.5) is 17.1 Å². The van der Waals surface area contributed by atoms with Crippen molar-refractivity contribution in [3.63, 3.8) is 0 Å². The fraction of sp³-hybridized carbons (Fsp3) is 0.462. The van der Waals surface area contributed by atoms with Crippen molar-refractivity contribution in [2.45, 2.75) is 6.42 Å². The van der Waals surface area contributed by atoms with Crippen molar-refractivity contribution in [1.29, 1.82) is 0 Å². The Balaban J connectivity index is 2.00. The first-order chi connectivity index (χ1) is 10.1. The first-order valence-corrected chi connectivity index (χ1v) is 6.69. The van der Waals surface area contributed by atoms with Crippen LogP contribution in [-0.2, 0) is 4.79 Å². The van der Waals surface area contributed by atoms with Crippen LogP contribution in [0.15, 0.2) is 12.1 Å². The molecule has 0 radical (unpaired) electrons. The number of nitro groups is 1. The monoisotopic (exact) mass is 293 g/mol. The Morgan fingerprint density at radius 1 is 1.52 bits per heavy atom. The Morgan fingerprint density at radius 2 is 2.33 bits per heavy atom. The minimum absolute atomic E-state index is 0.0523. The lowest BCUT2D eigenvalue weighted by Gasteiger charge is -2.23. The van der Waals surface area contributed by atoms with Crippen molar-refractivity contribution in [2.24, 2.45) is 5.92 Å². The number of anilines is 2. The molecule has 21 heavy (non-hydrogen) atoms. The van der Waals surface area contributed by atoms with Gasteiger partial charge in [-0.3, -0.25) is 14.9 Å². The highest BCUT2D eigenvalue weighted by atomic mass is 16.6. The number of nitrogens with zero attached hydrogens (tertiary/aromatic N) is 2. The van der Waals surface area contributed by atoms with E-state index in [0.717, 1.165) is 6.42 Å². The summed E-state index contributed by atoms with van der Waals surface area (Å²) in [5, 5.41) is 23.1. The Bertz CT molecular complexity index is 604. The zero-order chi connectivity index (χ0) is 15.0. The molecule has 0 aliphatic carbocycles. The highest BCUT2D eigenvalue weighted by Gasteiger charge is 2.30. The summed E-state index contributed by atoms with van der Waals surface area (Å²) in [7, 11) is 0. The van der Waals surface area contributed by atoms with Crippen molar-refractivity contribution in [3.05, 3.63) is 22.2 Å². The van der Waals surface area contributed by atoms with Crippen LogP contribution < -0.4 is 15.0 Å². The summed E-state index contributed by atoms with van der Waals surface area (Å²) in [6.45, 7) is 1.12. The molecule has 0 bridgehead atoms. The topological polar surface area (TPSA) is 105 Å². The van der Waals surface area contributed by atoms with Gasteiger partial charge in [0.05, 0.1) is 16.7 Å². The summed E-state index contributed by atoms with van der Waals surface area (Å²) < 4.78 is 5.21. The number of hydrogen-bond acceptors (Lipinski definition) is 6. The molecule has 1 unspecified atom stereocenters. The van der Waals surface area contributed by atoms with E-state index in [1.807, 2.05) is 4.90 Å². The van der Waals surface area contributed by atoms with Gasteiger partial charge in [0.1, 0.15) is 5.69 Å². The van der Waals surface area contributed by atoms with Crippen LogP contribution in [0, 0.1) is 16.0 Å². The van der Waals surface area contributed by atoms with Crippen molar-refractivity contribution in [2.75, 3.05) is 36.5 Å². The molecule has 1 saturated heterocycles. The van der Waals surface area contributed by atoms with Gasteiger partial charge < -0.3 is 20.1 Å². The number of nitrogens with one attached hydrogen (secondary N) is 1. The highest BCUT2D eigenvalue weighted by Crippen LogP contribution is 2.41. The summed E-state index contributed by atoms with van der Waals surface area (Å²) in [4.78, 5) is 24.0. The Morgan fingerprint density at radius 3 is 3.00 bits per heavy atom. The van der Waals surface area contributed by atoms with Gasteiger partial charge in [0, 0.05) is 25.6 Å². The second kappa shape index (κ2) is 5.21. The fourth-order valence-corrected chi connectivity index (χ4v) is 2.70. The average Bonchev–Trinajstić information content (AvgIpc) is 2.94. The molecular formula is C13H15N3O5. The maximum absolute atomic E-state index is 11.4. The van der Waals surface area contributed by atoms with Crippen molar-refractivity contribution < 1.29 is 19.6 Å². The number of benzene rings is 1. The van der Waals surface area contributed by atoms with E-state index in [1.165, 1.54) is 6.07 Å². The van der Waals surface area contributed by atoms with Gasteiger partial charge in [0.15, 0.2) is 12.4 Å². The standard InChI is InChI=1S/C13H15N3O5/c17-6-8-1-2-15(5-8)10-3-9-12(4-11(10)16(19)20)21-7-13(18)14-9/h3-4,8,17H,1-2,5-7H2,(H,14,18). The predicted octanol–water partition coefficient (Wildman–Crippen LogP) is 0.744. The van der Waals surface area contributed by atoms with Crippen molar-refractivity contribution >= 4 is 23.0 Å². The summed E-state index contributed by atoms with van der Waals surface area (Å²) in [6.07, 6.45) is 0.785. The van der Waals surface area contributed by atoms with E-state index >= 15 is 0 Å². The average molecular weight is 293 g/mol. The molecule has 1 amide bonds. The van der Waals surface area contributed by atoms with Crippen LogP contribution in [-0.4, -0.2) is 42.2 Å². The second-order valence-electron chi connectivity index (χ2n) is 5.21. The first-order valence-electron chi connectivity index (χ1n) is 6.69.